The van der Waals surface area contributed by atoms with Crippen molar-refractivity contribution in [3.8, 4) is 0 Å². The highest BCUT2D eigenvalue weighted by molar-refractivity contribution is 7.09. The second-order valence-electron chi connectivity index (χ2n) is 2.58. The van der Waals surface area contributed by atoms with E-state index in [2.05, 4.69) is 22.2 Å². The molecule has 72 valence electrons. The van der Waals surface area contributed by atoms with Gasteiger partial charge in [0.2, 0.25) is 0 Å². The molecule has 13 heavy (non-hydrogen) atoms. The van der Waals surface area contributed by atoms with Gasteiger partial charge in [-0.3, -0.25) is 4.99 Å². The van der Waals surface area contributed by atoms with Crippen LogP contribution in [-0.2, 0) is 0 Å². The summed E-state index contributed by atoms with van der Waals surface area (Å²) >= 11 is 1.62. The molecule has 1 aromatic rings. The van der Waals surface area contributed by atoms with Gasteiger partial charge in [0, 0.05) is 18.6 Å². The molecule has 1 heterocycles. The van der Waals surface area contributed by atoms with E-state index < -0.39 is 0 Å². The van der Waals surface area contributed by atoms with E-state index in [0.29, 0.717) is 5.96 Å². The summed E-state index contributed by atoms with van der Waals surface area (Å²) in [6.45, 7) is 2.09. The number of aromatic nitrogens is 1. The molecule has 5 heteroatoms. The lowest BCUT2D eigenvalue weighted by molar-refractivity contribution is 0.617. The molecule has 1 atom stereocenters. The summed E-state index contributed by atoms with van der Waals surface area (Å²) in [6.07, 6.45) is 2.74. The minimum atomic E-state index is 0.184. The van der Waals surface area contributed by atoms with Crippen LogP contribution in [0.2, 0.25) is 0 Å². The van der Waals surface area contributed by atoms with Crippen LogP contribution in [0.15, 0.2) is 16.6 Å². The highest BCUT2D eigenvalue weighted by atomic mass is 32.1. The van der Waals surface area contributed by atoms with Gasteiger partial charge in [-0.1, -0.05) is 6.92 Å². The first kappa shape index (κ1) is 9.98. The van der Waals surface area contributed by atoms with Crippen molar-refractivity contribution in [1.29, 1.82) is 0 Å². The van der Waals surface area contributed by atoms with Crippen molar-refractivity contribution in [3.05, 3.63) is 16.6 Å². The van der Waals surface area contributed by atoms with E-state index in [1.807, 2.05) is 5.38 Å². The minimum Gasteiger partial charge on any atom is -0.370 e. The van der Waals surface area contributed by atoms with Crippen molar-refractivity contribution in [2.45, 2.75) is 19.4 Å². The number of guanidine groups is 1. The molecule has 0 bridgehead atoms. The first-order valence-corrected chi connectivity index (χ1v) is 5.04. The molecule has 1 rings (SSSR count). The van der Waals surface area contributed by atoms with Crippen molar-refractivity contribution in [2.75, 3.05) is 7.05 Å². The first-order valence-electron chi connectivity index (χ1n) is 4.16. The van der Waals surface area contributed by atoms with Gasteiger partial charge in [0.1, 0.15) is 5.01 Å². The molecule has 4 nitrogen and oxygen atoms in total. The first-order chi connectivity index (χ1) is 6.27. The lowest BCUT2D eigenvalue weighted by Gasteiger charge is -2.14. The maximum absolute atomic E-state index is 5.57. The number of nitrogens with two attached hydrogens (primary N) is 1. The molecule has 0 aliphatic carbocycles. The number of hydrogen-bond acceptors (Lipinski definition) is 3. The van der Waals surface area contributed by atoms with Crippen molar-refractivity contribution >= 4 is 17.3 Å². The summed E-state index contributed by atoms with van der Waals surface area (Å²) in [7, 11) is 1.66. The third-order valence-corrected chi connectivity index (χ3v) is 2.61. The summed E-state index contributed by atoms with van der Waals surface area (Å²) in [6, 6.07) is 0.184. The van der Waals surface area contributed by atoms with E-state index in [0.717, 1.165) is 11.4 Å². The SMILES string of the molecule is CCC(NC(N)=NC)c1nccs1. The molecule has 1 unspecified atom stereocenters. The molecule has 0 radical (unpaired) electrons. The van der Waals surface area contributed by atoms with Crippen LogP contribution >= 0.6 is 11.3 Å². The normalized spacial score (nSPS) is 14.2. The Morgan fingerprint density at radius 1 is 1.85 bits per heavy atom. The Kier molecular flexibility index (Phi) is 3.70. The largest absolute Gasteiger partial charge is 0.370 e. The zero-order valence-corrected chi connectivity index (χ0v) is 8.64. The van der Waals surface area contributed by atoms with Crippen LogP contribution in [0.1, 0.15) is 24.4 Å². The molecule has 1 aromatic heterocycles. The van der Waals surface area contributed by atoms with Gasteiger partial charge in [0.15, 0.2) is 5.96 Å². The Morgan fingerprint density at radius 3 is 3.08 bits per heavy atom. The predicted octanol–water partition coefficient (Wildman–Crippen LogP) is 1.13. The second kappa shape index (κ2) is 4.81. The van der Waals surface area contributed by atoms with Crippen LogP contribution in [0.5, 0.6) is 0 Å². The van der Waals surface area contributed by atoms with Gasteiger partial charge >= 0.3 is 0 Å². The van der Waals surface area contributed by atoms with E-state index in [1.54, 1.807) is 24.6 Å². The van der Waals surface area contributed by atoms with Gasteiger partial charge in [0.25, 0.3) is 0 Å². The van der Waals surface area contributed by atoms with Crippen molar-refractivity contribution in [2.24, 2.45) is 10.7 Å². The zero-order chi connectivity index (χ0) is 9.68. The molecule has 0 fully saturated rings. The predicted molar refractivity (Wildman–Crippen MR) is 55.8 cm³/mol. The lowest BCUT2D eigenvalue weighted by Crippen LogP contribution is -2.34. The minimum absolute atomic E-state index is 0.184. The Bertz CT molecular complexity index is 268. The van der Waals surface area contributed by atoms with E-state index >= 15 is 0 Å². The fraction of sp³-hybridized carbons (Fsp3) is 0.500. The van der Waals surface area contributed by atoms with Crippen LogP contribution in [0.4, 0.5) is 0 Å². The molecule has 0 aliphatic rings. The topological polar surface area (TPSA) is 63.3 Å². The van der Waals surface area contributed by atoms with Gasteiger partial charge in [-0.05, 0) is 6.42 Å². The van der Waals surface area contributed by atoms with Crippen LogP contribution in [0.25, 0.3) is 0 Å². The van der Waals surface area contributed by atoms with E-state index in [9.17, 15) is 0 Å². The molecular weight excluding hydrogens is 184 g/mol. The summed E-state index contributed by atoms with van der Waals surface area (Å²) in [5.74, 6) is 0.460. The van der Waals surface area contributed by atoms with Crippen LogP contribution < -0.4 is 11.1 Å². The van der Waals surface area contributed by atoms with Gasteiger partial charge in [-0.15, -0.1) is 11.3 Å². The highest BCUT2D eigenvalue weighted by Crippen LogP contribution is 2.17. The van der Waals surface area contributed by atoms with E-state index in [1.165, 1.54) is 0 Å². The molecule has 3 N–H and O–H groups in total. The van der Waals surface area contributed by atoms with Crippen LogP contribution in [-0.4, -0.2) is 18.0 Å². The lowest BCUT2D eigenvalue weighted by atomic mass is 10.2. The second-order valence-corrected chi connectivity index (χ2v) is 3.51. The molecule has 0 aromatic carbocycles. The Hall–Kier alpha value is -1.10. The van der Waals surface area contributed by atoms with Gasteiger partial charge in [-0.25, -0.2) is 4.98 Å². The summed E-state index contributed by atoms with van der Waals surface area (Å²) < 4.78 is 0. The van der Waals surface area contributed by atoms with Crippen LogP contribution in [0, 0.1) is 0 Å². The summed E-state index contributed by atoms with van der Waals surface area (Å²) in [5, 5.41) is 6.10. The van der Waals surface area contributed by atoms with Gasteiger partial charge in [0.05, 0.1) is 6.04 Å². The Labute approximate surface area is 81.9 Å². The average Bonchev–Trinajstić information content (AvgIpc) is 2.66. The number of hydrogen-bond donors (Lipinski definition) is 2. The number of thiazole rings is 1. The quantitative estimate of drug-likeness (QED) is 0.565. The zero-order valence-electron chi connectivity index (χ0n) is 7.82. The maximum atomic E-state index is 5.57. The third kappa shape index (κ3) is 2.69. The smallest absolute Gasteiger partial charge is 0.188 e. The van der Waals surface area contributed by atoms with Crippen LogP contribution in [0.3, 0.4) is 0 Å². The third-order valence-electron chi connectivity index (χ3n) is 1.72. The number of nitrogens with one attached hydrogen (secondary N) is 1. The molecule has 0 aliphatic heterocycles. The molecule has 0 amide bonds. The average molecular weight is 198 g/mol. The molecule has 0 spiro atoms. The Morgan fingerprint density at radius 2 is 2.62 bits per heavy atom. The number of aliphatic imine (C=N–C) groups is 1. The maximum Gasteiger partial charge on any atom is 0.188 e. The van der Waals surface area contributed by atoms with E-state index in [4.69, 9.17) is 5.73 Å². The summed E-state index contributed by atoms with van der Waals surface area (Å²) in [5.41, 5.74) is 5.57. The van der Waals surface area contributed by atoms with Crippen molar-refractivity contribution < 1.29 is 0 Å². The fourth-order valence-electron chi connectivity index (χ4n) is 0.988. The van der Waals surface area contributed by atoms with Gasteiger partial charge in [-0.2, -0.15) is 0 Å². The Balaban J connectivity index is 2.64. The molecule has 0 saturated heterocycles. The van der Waals surface area contributed by atoms with Crippen molar-refractivity contribution in [1.82, 2.24) is 10.3 Å². The summed E-state index contributed by atoms with van der Waals surface area (Å²) in [4.78, 5) is 8.07. The monoisotopic (exact) mass is 198 g/mol. The van der Waals surface area contributed by atoms with Crippen molar-refractivity contribution in [3.63, 3.8) is 0 Å². The molecular formula is C8H14N4S. The fourth-order valence-corrected chi connectivity index (χ4v) is 1.76. The van der Waals surface area contributed by atoms with Gasteiger partial charge < -0.3 is 11.1 Å². The highest BCUT2D eigenvalue weighted by Gasteiger charge is 2.11. The standard InChI is InChI=1S/C8H14N4S/c1-3-6(12-8(9)10-2)7-11-4-5-13-7/h4-6H,3H2,1-2H3,(H3,9,10,12). The number of rotatable bonds is 3. The molecule has 0 saturated carbocycles. The number of nitrogens with zero attached hydrogens (tertiary/aromatic N) is 2. The van der Waals surface area contributed by atoms with E-state index in [-0.39, 0.29) is 6.04 Å².